The second kappa shape index (κ2) is 13.7. The first-order valence-electron chi connectivity index (χ1n) is 16.0. The molecule has 1 heterocycles. The van der Waals surface area contributed by atoms with E-state index in [1.165, 1.54) is 31.2 Å². The molecule has 4 nitrogen and oxygen atoms in total. The summed E-state index contributed by atoms with van der Waals surface area (Å²) < 4.78 is 19.7. The maximum atomic E-state index is 10.1. The number of unbranched alkanes of at least 4 members (excludes halogenated alkanes) is 3. The highest BCUT2D eigenvalue weighted by Crippen LogP contribution is 2.56. The van der Waals surface area contributed by atoms with Crippen molar-refractivity contribution in [1.82, 2.24) is 0 Å². The van der Waals surface area contributed by atoms with E-state index in [1.54, 1.807) is 0 Å². The summed E-state index contributed by atoms with van der Waals surface area (Å²) in [5.74, 6) is 9.47. The first-order chi connectivity index (χ1) is 19.2. The van der Waals surface area contributed by atoms with Crippen LogP contribution in [0.15, 0.2) is 24.8 Å². The van der Waals surface area contributed by atoms with Gasteiger partial charge in [0.1, 0.15) is 18.1 Å². The number of benzene rings is 1. The van der Waals surface area contributed by atoms with E-state index in [2.05, 4.69) is 92.1 Å². The number of rotatable bonds is 12. The fourth-order valence-electron chi connectivity index (χ4n) is 6.32. The molecule has 0 amide bonds. The van der Waals surface area contributed by atoms with Gasteiger partial charge in [-0.1, -0.05) is 91.7 Å². The minimum Gasteiger partial charge on any atom is -0.489 e. The SMILES string of the molecule is C=CCOc1cc(C(C)(C)CCCCCC)cc2c1[C@@H]1C[C@H](CO)CC[C@H]1[C@](C)(C#CCO[Si](C)(C)C(C)(C)C)O2. The van der Waals surface area contributed by atoms with Crippen molar-refractivity contribution in [3.05, 3.63) is 35.9 Å². The van der Waals surface area contributed by atoms with Crippen molar-refractivity contribution in [2.24, 2.45) is 11.8 Å². The molecular formula is C36H58O4Si. The first kappa shape index (κ1) is 33.8. The van der Waals surface area contributed by atoms with E-state index in [9.17, 15) is 5.11 Å². The monoisotopic (exact) mass is 582 g/mol. The van der Waals surface area contributed by atoms with Crippen LogP contribution in [0, 0.1) is 23.7 Å². The van der Waals surface area contributed by atoms with E-state index in [4.69, 9.17) is 13.9 Å². The van der Waals surface area contributed by atoms with Gasteiger partial charge < -0.3 is 19.0 Å². The van der Waals surface area contributed by atoms with Crippen LogP contribution in [0.1, 0.15) is 117 Å². The van der Waals surface area contributed by atoms with E-state index in [0.29, 0.717) is 13.2 Å². The molecule has 0 spiro atoms. The molecule has 0 radical (unpaired) electrons. The van der Waals surface area contributed by atoms with Gasteiger partial charge in [0.15, 0.2) is 13.9 Å². The van der Waals surface area contributed by atoms with Gasteiger partial charge in [0, 0.05) is 18.1 Å². The molecule has 1 saturated carbocycles. The number of fused-ring (bicyclic) bond motifs is 3. The number of hydrogen-bond donors (Lipinski definition) is 1. The fourth-order valence-corrected chi connectivity index (χ4v) is 7.18. The van der Waals surface area contributed by atoms with Gasteiger partial charge in [0.05, 0.1) is 6.61 Å². The second-order valence-electron chi connectivity index (χ2n) is 14.8. The van der Waals surface area contributed by atoms with Gasteiger partial charge in [-0.2, -0.15) is 0 Å². The average molecular weight is 583 g/mol. The van der Waals surface area contributed by atoms with Gasteiger partial charge in [-0.3, -0.25) is 0 Å². The van der Waals surface area contributed by atoms with Crippen LogP contribution in [0.5, 0.6) is 11.5 Å². The first-order valence-corrected chi connectivity index (χ1v) is 19.0. The predicted octanol–water partition coefficient (Wildman–Crippen LogP) is 9.17. The molecule has 1 aromatic carbocycles. The molecule has 1 aliphatic carbocycles. The Hall–Kier alpha value is -1.74. The quantitative estimate of drug-likeness (QED) is 0.116. The highest BCUT2D eigenvalue weighted by molar-refractivity contribution is 6.74. The van der Waals surface area contributed by atoms with E-state index in [1.807, 2.05) is 6.08 Å². The summed E-state index contributed by atoms with van der Waals surface area (Å²) in [6, 6.07) is 4.52. The van der Waals surface area contributed by atoms with Crippen molar-refractivity contribution in [2.75, 3.05) is 19.8 Å². The van der Waals surface area contributed by atoms with E-state index in [0.717, 1.165) is 42.7 Å². The Morgan fingerprint density at radius 3 is 2.51 bits per heavy atom. The Balaban J connectivity index is 2.03. The van der Waals surface area contributed by atoms with Crippen molar-refractivity contribution < 1.29 is 19.0 Å². The molecule has 1 fully saturated rings. The molecule has 0 bridgehead atoms. The Labute approximate surface area is 252 Å². The molecule has 5 heteroatoms. The van der Waals surface area contributed by atoms with Crippen LogP contribution in [0.25, 0.3) is 0 Å². The number of aliphatic hydroxyl groups excluding tert-OH is 1. The summed E-state index contributed by atoms with van der Waals surface area (Å²) >= 11 is 0. The lowest BCUT2D eigenvalue weighted by Crippen LogP contribution is -2.48. The van der Waals surface area contributed by atoms with Crippen LogP contribution in [-0.4, -0.2) is 38.8 Å². The Morgan fingerprint density at radius 1 is 1.15 bits per heavy atom. The summed E-state index contributed by atoms with van der Waals surface area (Å²) in [6.07, 6.45) is 10.8. The number of ether oxygens (including phenoxy) is 2. The topological polar surface area (TPSA) is 47.9 Å². The van der Waals surface area contributed by atoms with Gasteiger partial charge in [-0.05, 0) is 85.7 Å². The van der Waals surface area contributed by atoms with Crippen LogP contribution in [0.2, 0.25) is 18.1 Å². The van der Waals surface area contributed by atoms with Crippen LogP contribution < -0.4 is 9.47 Å². The van der Waals surface area contributed by atoms with Gasteiger partial charge >= 0.3 is 0 Å². The minimum absolute atomic E-state index is 0.00540. The molecule has 41 heavy (non-hydrogen) atoms. The van der Waals surface area contributed by atoms with Crippen LogP contribution in [0.3, 0.4) is 0 Å². The molecule has 1 N–H and O–H groups in total. The molecule has 3 rings (SSSR count). The molecule has 1 aliphatic heterocycles. The third-order valence-electron chi connectivity index (χ3n) is 10.2. The minimum atomic E-state index is -1.88. The van der Waals surface area contributed by atoms with Gasteiger partial charge in [0.2, 0.25) is 0 Å². The molecule has 2 aliphatic rings. The summed E-state index contributed by atoms with van der Waals surface area (Å²) in [5.41, 5.74) is 1.76. The molecule has 230 valence electrons. The largest absolute Gasteiger partial charge is 0.489 e. The summed E-state index contributed by atoms with van der Waals surface area (Å²) in [6.45, 7) is 25.4. The lowest BCUT2D eigenvalue weighted by Gasteiger charge is -2.48. The standard InChI is InChI=1S/C36H58O4Si/c1-11-13-14-15-19-35(6,7)28-24-31(38-21-12-2)33-29-23-27(26-37)17-18-30(29)36(8,40-32(33)25-28)20-16-22-39-41(9,10)34(3,4)5/h12,24-25,27,29-30,37H,2,11,13-15,17-19,21-23,26H2,1,3-10H3/t27-,29-,30-,36+/m1/s1. The predicted molar refractivity (Wildman–Crippen MR) is 175 cm³/mol. The van der Waals surface area contributed by atoms with Crippen molar-refractivity contribution >= 4 is 8.32 Å². The van der Waals surface area contributed by atoms with Crippen LogP contribution in [0.4, 0.5) is 0 Å². The van der Waals surface area contributed by atoms with Crippen molar-refractivity contribution in [3.8, 4) is 23.3 Å². The van der Waals surface area contributed by atoms with Gasteiger partial charge in [-0.25, -0.2) is 0 Å². The molecule has 0 unspecified atom stereocenters. The third kappa shape index (κ3) is 8.01. The maximum absolute atomic E-state index is 10.1. The van der Waals surface area contributed by atoms with Gasteiger partial charge in [0.25, 0.3) is 0 Å². The summed E-state index contributed by atoms with van der Waals surface area (Å²) in [5, 5.41) is 10.3. The Bertz CT molecular complexity index is 1090. The maximum Gasteiger partial charge on any atom is 0.193 e. The molecular weight excluding hydrogens is 524 g/mol. The highest BCUT2D eigenvalue weighted by Gasteiger charge is 2.50. The normalized spacial score (nSPS) is 24.4. The highest BCUT2D eigenvalue weighted by atomic mass is 28.4. The smallest absolute Gasteiger partial charge is 0.193 e. The fraction of sp³-hybridized carbons (Fsp3) is 0.722. The number of hydrogen-bond acceptors (Lipinski definition) is 4. The lowest BCUT2D eigenvalue weighted by atomic mass is 9.63. The summed E-state index contributed by atoms with van der Waals surface area (Å²) in [7, 11) is -1.88. The summed E-state index contributed by atoms with van der Waals surface area (Å²) in [4.78, 5) is 0. The zero-order valence-corrected chi connectivity index (χ0v) is 28.6. The second-order valence-corrected chi connectivity index (χ2v) is 19.6. The third-order valence-corrected chi connectivity index (χ3v) is 14.6. The molecule has 0 saturated heterocycles. The van der Waals surface area contributed by atoms with E-state index < -0.39 is 13.9 Å². The van der Waals surface area contributed by atoms with Crippen molar-refractivity contribution in [1.29, 1.82) is 0 Å². The van der Waals surface area contributed by atoms with Crippen LogP contribution in [-0.2, 0) is 9.84 Å². The lowest BCUT2D eigenvalue weighted by molar-refractivity contribution is 0.00639. The van der Waals surface area contributed by atoms with E-state index in [-0.39, 0.29) is 34.8 Å². The van der Waals surface area contributed by atoms with Crippen molar-refractivity contribution in [2.45, 2.75) is 135 Å². The molecule has 0 aromatic heterocycles. The molecule has 1 aromatic rings. The zero-order valence-electron chi connectivity index (χ0n) is 27.6. The van der Waals surface area contributed by atoms with Crippen LogP contribution >= 0.6 is 0 Å². The van der Waals surface area contributed by atoms with E-state index >= 15 is 0 Å². The Kier molecular flexibility index (Phi) is 11.3. The molecule has 4 atom stereocenters. The Morgan fingerprint density at radius 2 is 1.88 bits per heavy atom. The van der Waals surface area contributed by atoms with Gasteiger partial charge in [-0.15, -0.1) is 0 Å². The zero-order chi connectivity index (χ0) is 30.5. The average Bonchev–Trinajstić information content (AvgIpc) is 2.91. The number of aliphatic hydroxyl groups is 1. The van der Waals surface area contributed by atoms with Crippen molar-refractivity contribution in [3.63, 3.8) is 0 Å².